The summed E-state index contributed by atoms with van der Waals surface area (Å²) in [5.74, 6) is 2.02. The van der Waals surface area contributed by atoms with Crippen molar-refractivity contribution in [3.8, 4) is 0 Å². The lowest BCUT2D eigenvalue weighted by atomic mass is 9.92. The van der Waals surface area contributed by atoms with Gasteiger partial charge < -0.3 is 9.47 Å². The third-order valence-corrected chi connectivity index (χ3v) is 5.37. The Balaban J connectivity index is 2.08. The van der Waals surface area contributed by atoms with Gasteiger partial charge in [-0.05, 0) is 24.7 Å². The molecule has 0 bridgehead atoms. The first kappa shape index (κ1) is 18.7. The van der Waals surface area contributed by atoms with Gasteiger partial charge in [-0.25, -0.2) is 4.79 Å². The van der Waals surface area contributed by atoms with Crippen molar-refractivity contribution in [2.24, 2.45) is 18.9 Å². The summed E-state index contributed by atoms with van der Waals surface area (Å²) in [5, 5.41) is 0. The number of hydrogen-bond donors (Lipinski definition) is 1. The highest BCUT2D eigenvalue weighted by molar-refractivity contribution is 5.74. The second-order valence-electron chi connectivity index (χ2n) is 7.97. The Labute approximate surface area is 154 Å². The SMILES string of the molecule is CCCCCCn1c(N2C[C@H](C)C[C@H](C)C2)nc2c1c(=O)[nH]c(=O)n2C. The highest BCUT2D eigenvalue weighted by Gasteiger charge is 2.27. The van der Waals surface area contributed by atoms with E-state index in [1.807, 2.05) is 4.57 Å². The first-order valence-corrected chi connectivity index (χ1v) is 9.86. The Kier molecular flexibility index (Phi) is 5.53. The van der Waals surface area contributed by atoms with Crippen molar-refractivity contribution in [1.29, 1.82) is 0 Å². The van der Waals surface area contributed by atoms with E-state index in [-0.39, 0.29) is 5.56 Å². The van der Waals surface area contributed by atoms with Crippen molar-refractivity contribution in [2.45, 2.75) is 59.4 Å². The van der Waals surface area contributed by atoms with Crippen LogP contribution in [0.25, 0.3) is 11.2 Å². The summed E-state index contributed by atoms with van der Waals surface area (Å²) >= 11 is 0. The van der Waals surface area contributed by atoms with Gasteiger partial charge in [-0.2, -0.15) is 4.98 Å². The average Bonchev–Trinajstić information content (AvgIpc) is 2.96. The molecule has 7 nitrogen and oxygen atoms in total. The predicted octanol–water partition coefficient (Wildman–Crippen LogP) is 2.49. The summed E-state index contributed by atoms with van der Waals surface area (Å²) in [4.78, 5) is 34.0. The van der Waals surface area contributed by atoms with E-state index in [9.17, 15) is 9.59 Å². The van der Waals surface area contributed by atoms with E-state index < -0.39 is 5.69 Å². The number of hydrogen-bond acceptors (Lipinski definition) is 4. The van der Waals surface area contributed by atoms with Crippen LogP contribution < -0.4 is 16.1 Å². The molecular weight excluding hydrogens is 330 g/mol. The maximum Gasteiger partial charge on any atom is 0.329 e. The van der Waals surface area contributed by atoms with Crippen LogP contribution in [0, 0.1) is 11.8 Å². The number of nitrogens with zero attached hydrogens (tertiary/aromatic N) is 4. The van der Waals surface area contributed by atoms with Crippen molar-refractivity contribution < 1.29 is 0 Å². The van der Waals surface area contributed by atoms with Gasteiger partial charge in [-0.3, -0.25) is 14.3 Å². The maximum absolute atomic E-state index is 12.5. The zero-order valence-corrected chi connectivity index (χ0v) is 16.4. The molecule has 7 heteroatoms. The first-order chi connectivity index (χ1) is 12.4. The molecule has 1 aliphatic heterocycles. The molecule has 1 fully saturated rings. The lowest BCUT2D eigenvalue weighted by Gasteiger charge is -2.35. The van der Waals surface area contributed by atoms with Crippen LogP contribution >= 0.6 is 0 Å². The topological polar surface area (TPSA) is 75.9 Å². The zero-order valence-electron chi connectivity index (χ0n) is 16.4. The average molecular weight is 361 g/mol. The minimum Gasteiger partial charge on any atom is -0.342 e. The maximum atomic E-state index is 12.5. The molecule has 3 heterocycles. The van der Waals surface area contributed by atoms with E-state index in [1.165, 1.54) is 23.8 Å². The molecule has 0 aromatic carbocycles. The van der Waals surface area contributed by atoms with Gasteiger partial charge in [0.05, 0.1) is 0 Å². The molecule has 144 valence electrons. The fourth-order valence-corrected chi connectivity index (χ4v) is 4.20. The fraction of sp³-hybridized carbons (Fsp3) is 0.737. The molecule has 2 aromatic rings. The lowest BCUT2D eigenvalue weighted by Crippen LogP contribution is -2.40. The molecule has 0 radical (unpaired) electrons. The molecule has 3 rings (SSSR count). The van der Waals surface area contributed by atoms with E-state index in [1.54, 1.807) is 7.05 Å². The number of anilines is 1. The van der Waals surface area contributed by atoms with Gasteiger partial charge >= 0.3 is 5.69 Å². The quantitative estimate of drug-likeness (QED) is 0.802. The Bertz CT molecular complexity index is 868. The van der Waals surface area contributed by atoms with Crippen LogP contribution in [0.5, 0.6) is 0 Å². The number of aryl methyl sites for hydroxylation is 2. The standard InChI is InChI=1S/C19H31N5O2/c1-5-6-7-8-9-24-15-16(22(4)19(26)21-17(15)25)20-18(24)23-11-13(2)10-14(3)12-23/h13-14H,5-12H2,1-4H3,(H,21,25,26)/t13-,14+. The molecule has 0 aliphatic carbocycles. The van der Waals surface area contributed by atoms with Gasteiger partial charge in [-0.1, -0.05) is 40.0 Å². The third-order valence-electron chi connectivity index (χ3n) is 5.37. The number of unbranched alkanes of at least 4 members (excludes halogenated alkanes) is 3. The minimum absolute atomic E-state index is 0.338. The van der Waals surface area contributed by atoms with Gasteiger partial charge in [-0.15, -0.1) is 0 Å². The number of aromatic amines is 1. The summed E-state index contributed by atoms with van der Waals surface area (Å²) in [6, 6.07) is 0. The van der Waals surface area contributed by atoms with Gasteiger partial charge in [0.15, 0.2) is 11.2 Å². The van der Waals surface area contributed by atoms with Crippen molar-refractivity contribution in [3.05, 3.63) is 20.8 Å². The van der Waals surface area contributed by atoms with Crippen LogP contribution in [0.2, 0.25) is 0 Å². The van der Waals surface area contributed by atoms with Crippen LogP contribution in [-0.2, 0) is 13.6 Å². The third kappa shape index (κ3) is 3.57. The lowest BCUT2D eigenvalue weighted by molar-refractivity contribution is 0.351. The summed E-state index contributed by atoms with van der Waals surface area (Å²) in [6.45, 7) is 9.35. The van der Waals surface area contributed by atoms with Crippen molar-refractivity contribution in [2.75, 3.05) is 18.0 Å². The minimum atomic E-state index is -0.412. The number of piperidine rings is 1. The number of rotatable bonds is 6. The fourth-order valence-electron chi connectivity index (χ4n) is 4.20. The summed E-state index contributed by atoms with van der Waals surface area (Å²) in [5.41, 5.74) is 0.250. The van der Waals surface area contributed by atoms with Crippen LogP contribution in [0.3, 0.4) is 0 Å². The van der Waals surface area contributed by atoms with Crippen LogP contribution in [0.1, 0.15) is 52.9 Å². The molecule has 0 spiro atoms. The van der Waals surface area contributed by atoms with Gasteiger partial charge in [0.25, 0.3) is 5.56 Å². The van der Waals surface area contributed by atoms with Crippen LogP contribution in [-0.4, -0.2) is 32.2 Å². The summed E-state index contributed by atoms with van der Waals surface area (Å²) < 4.78 is 3.48. The van der Waals surface area contributed by atoms with E-state index in [0.717, 1.165) is 38.4 Å². The highest BCUT2D eigenvalue weighted by Crippen LogP contribution is 2.28. The summed E-state index contributed by atoms with van der Waals surface area (Å²) in [7, 11) is 1.67. The van der Waals surface area contributed by atoms with Gasteiger partial charge in [0, 0.05) is 26.7 Å². The van der Waals surface area contributed by atoms with E-state index in [2.05, 4.69) is 30.7 Å². The van der Waals surface area contributed by atoms with Crippen LogP contribution in [0.4, 0.5) is 5.95 Å². The molecule has 0 unspecified atom stereocenters. The molecule has 2 atom stereocenters. The highest BCUT2D eigenvalue weighted by atomic mass is 16.2. The van der Waals surface area contributed by atoms with Crippen molar-refractivity contribution in [3.63, 3.8) is 0 Å². The second kappa shape index (κ2) is 7.68. The largest absolute Gasteiger partial charge is 0.342 e. The Hall–Kier alpha value is -2.05. The molecule has 1 N–H and O–H groups in total. The molecule has 0 saturated carbocycles. The summed E-state index contributed by atoms with van der Waals surface area (Å²) in [6.07, 6.45) is 5.72. The first-order valence-electron chi connectivity index (χ1n) is 9.86. The van der Waals surface area contributed by atoms with Crippen molar-refractivity contribution in [1.82, 2.24) is 19.1 Å². The number of imidazole rings is 1. The van der Waals surface area contributed by atoms with Gasteiger partial charge in [0.2, 0.25) is 5.95 Å². The number of fused-ring (bicyclic) bond motifs is 1. The molecule has 1 aliphatic rings. The molecule has 2 aromatic heterocycles. The monoisotopic (exact) mass is 361 g/mol. The van der Waals surface area contributed by atoms with E-state index in [4.69, 9.17) is 4.98 Å². The smallest absolute Gasteiger partial charge is 0.329 e. The van der Waals surface area contributed by atoms with Gasteiger partial charge in [0.1, 0.15) is 0 Å². The Morgan fingerprint density at radius 2 is 1.81 bits per heavy atom. The number of aromatic nitrogens is 4. The Morgan fingerprint density at radius 3 is 2.46 bits per heavy atom. The van der Waals surface area contributed by atoms with Crippen LogP contribution in [0.15, 0.2) is 9.59 Å². The molecule has 26 heavy (non-hydrogen) atoms. The predicted molar refractivity (Wildman–Crippen MR) is 105 cm³/mol. The molecule has 1 saturated heterocycles. The van der Waals surface area contributed by atoms with Crippen molar-refractivity contribution >= 4 is 17.1 Å². The molecular formula is C19H31N5O2. The normalized spacial score (nSPS) is 20.8. The zero-order chi connectivity index (χ0) is 18.8. The Morgan fingerprint density at radius 1 is 1.12 bits per heavy atom. The van der Waals surface area contributed by atoms with E-state index >= 15 is 0 Å². The number of nitrogens with one attached hydrogen (secondary N) is 1. The second-order valence-corrected chi connectivity index (χ2v) is 7.97. The number of H-pyrrole nitrogens is 1. The van der Waals surface area contributed by atoms with E-state index in [0.29, 0.717) is 23.0 Å². The molecule has 0 amide bonds.